The van der Waals surface area contributed by atoms with Gasteiger partial charge in [0.1, 0.15) is 16.9 Å². The molecule has 45 heavy (non-hydrogen) atoms. The minimum Gasteiger partial charge on any atom is -0.507 e. The SMILES string of the molecule is CCCCC(CC)COc1nc(-c2ccccc2O)nc(-c2cc3oc4cc(-c5ccccc5)ccc4c3c3ccccc23)n1. The molecule has 0 aliphatic rings. The molecular formula is C39H35N3O3. The van der Waals surface area contributed by atoms with Crippen molar-refractivity contribution in [2.45, 2.75) is 39.5 Å². The fraction of sp³-hybridized carbons (Fsp3) is 0.205. The summed E-state index contributed by atoms with van der Waals surface area (Å²) in [7, 11) is 0. The second-order valence-electron chi connectivity index (χ2n) is 11.5. The van der Waals surface area contributed by atoms with E-state index in [0.717, 1.165) is 75.1 Å². The van der Waals surface area contributed by atoms with E-state index in [4.69, 9.17) is 19.1 Å². The molecule has 6 nitrogen and oxygen atoms in total. The number of hydrogen-bond donors (Lipinski definition) is 1. The standard InChI is InChI=1S/C39H35N3O3/c1-3-5-13-25(4-2)24-44-39-41-37(30-18-11-12-19-33(30)43)40-38(42-39)32-23-35-36(29-17-10-9-16-28(29)32)31-21-20-27(22-34(31)45-35)26-14-7-6-8-15-26/h6-12,14-23,25,43H,3-5,13,24H2,1-2H3. The van der Waals surface area contributed by atoms with Crippen molar-refractivity contribution in [3.05, 3.63) is 103 Å². The zero-order valence-electron chi connectivity index (χ0n) is 25.5. The molecule has 2 aromatic heterocycles. The van der Waals surface area contributed by atoms with Gasteiger partial charge in [-0.1, -0.05) is 106 Å². The molecule has 0 radical (unpaired) electrons. The van der Waals surface area contributed by atoms with E-state index in [0.29, 0.717) is 29.7 Å². The van der Waals surface area contributed by atoms with Gasteiger partial charge in [-0.05, 0) is 64.6 Å². The molecule has 0 amide bonds. The van der Waals surface area contributed by atoms with Gasteiger partial charge in [-0.15, -0.1) is 0 Å². The lowest BCUT2D eigenvalue weighted by Crippen LogP contribution is -2.13. The van der Waals surface area contributed by atoms with E-state index < -0.39 is 0 Å². The highest BCUT2D eigenvalue weighted by Gasteiger charge is 2.20. The van der Waals surface area contributed by atoms with Crippen LogP contribution in [0.25, 0.3) is 66.6 Å². The second-order valence-corrected chi connectivity index (χ2v) is 11.5. The normalized spacial score (nSPS) is 12.2. The minimum atomic E-state index is 0.0989. The van der Waals surface area contributed by atoms with Crippen LogP contribution in [0.3, 0.4) is 0 Å². The summed E-state index contributed by atoms with van der Waals surface area (Å²) in [5.74, 6) is 1.33. The van der Waals surface area contributed by atoms with Crippen LogP contribution in [-0.2, 0) is 0 Å². The summed E-state index contributed by atoms with van der Waals surface area (Å²) >= 11 is 0. The fourth-order valence-corrected chi connectivity index (χ4v) is 6.05. The predicted octanol–water partition coefficient (Wildman–Crippen LogP) is 10.2. The molecule has 6 heteroatoms. The van der Waals surface area contributed by atoms with Crippen LogP contribution >= 0.6 is 0 Å². The molecular weight excluding hydrogens is 558 g/mol. The van der Waals surface area contributed by atoms with Crippen LogP contribution in [-0.4, -0.2) is 26.7 Å². The minimum absolute atomic E-state index is 0.0989. The molecule has 1 unspecified atom stereocenters. The molecule has 0 spiro atoms. The lowest BCUT2D eigenvalue weighted by Gasteiger charge is -2.16. The number of unbranched alkanes of at least 4 members (excludes halogenated alkanes) is 1. The molecule has 1 N–H and O–H groups in total. The van der Waals surface area contributed by atoms with Crippen molar-refractivity contribution in [1.82, 2.24) is 15.0 Å². The summed E-state index contributed by atoms with van der Waals surface area (Å²) in [4.78, 5) is 14.4. The molecule has 7 aromatic rings. The van der Waals surface area contributed by atoms with Gasteiger partial charge >= 0.3 is 6.01 Å². The number of furan rings is 1. The number of aromatic hydroxyl groups is 1. The molecule has 5 aromatic carbocycles. The Bertz CT molecular complexity index is 2120. The molecule has 0 saturated heterocycles. The summed E-state index contributed by atoms with van der Waals surface area (Å²) in [5, 5.41) is 14.9. The van der Waals surface area contributed by atoms with Crippen LogP contribution in [0.15, 0.2) is 108 Å². The molecule has 2 heterocycles. The van der Waals surface area contributed by atoms with Gasteiger partial charge in [0, 0.05) is 16.3 Å². The van der Waals surface area contributed by atoms with Crippen molar-refractivity contribution in [1.29, 1.82) is 0 Å². The number of nitrogens with zero attached hydrogens (tertiary/aromatic N) is 3. The topological polar surface area (TPSA) is 81.3 Å². The zero-order chi connectivity index (χ0) is 30.8. The third kappa shape index (κ3) is 5.60. The third-order valence-corrected chi connectivity index (χ3v) is 8.58. The molecule has 0 aliphatic heterocycles. The number of rotatable bonds is 10. The van der Waals surface area contributed by atoms with Gasteiger partial charge in [-0.2, -0.15) is 9.97 Å². The van der Waals surface area contributed by atoms with Crippen LogP contribution in [0.5, 0.6) is 11.8 Å². The van der Waals surface area contributed by atoms with Crippen molar-refractivity contribution in [2.24, 2.45) is 5.92 Å². The highest BCUT2D eigenvalue weighted by atomic mass is 16.5. The number of hydrogen-bond acceptors (Lipinski definition) is 6. The van der Waals surface area contributed by atoms with Crippen LogP contribution in [0.2, 0.25) is 0 Å². The van der Waals surface area contributed by atoms with Gasteiger partial charge in [0.2, 0.25) is 0 Å². The van der Waals surface area contributed by atoms with Gasteiger partial charge in [-0.25, -0.2) is 4.98 Å². The van der Waals surface area contributed by atoms with E-state index in [9.17, 15) is 5.11 Å². The molecule has 0 saturated carbocycles. The summed E-state index contributed by atoms with van der Waals surface area (Å²) in [6.45, 7) is 4.91. The van der Waals surface area contributed by atoms with Gasteiger partial charge in [0.15, 0.2) is 11.6 Å². The van der Waals surface area contributed by atoms with Gasteiger partial charge in [0.25, 0.3) is 0 Å². The van der Waals surface area contributed by atoms with E-state index >= 15 is 0 Å². The lowest BCUT2D eigenvalue weighted by atomic mass is 9.97. The molecule has 0 bridgehead atoms. The quantitative estimate of drug-likeness (QED) is 0.170. The van der Waals surface area contributed by atoms with Crippen molar-refractivity contribution < 1.29 is 14.3 Å². The highest BCUT2D eigenvalue weighted by molar-refractivity contribution is 6.22. The van der Waals surface area contributed by atoms with Crippen molar-refractivity contribution >= 4 is 32.7 Å². The Kier molecular flexibility index (Phi) is 7.87. The molecule has 1 atom stereocenters. The Balaban J connectivity index is 1.39. The number of para-hydroxylation sites is 1. The van der Waals surface area contributed by atoms with E-state index in [1.807, 2.05) is 42.5 Å². The first-order valence-electron chi connectivity index (χ1n) is 15.7. The summed E-state index contributed by atoms with van der Waals surface area (Å²) in [6, 6.07) is 34.3. The maximum atomic E-state index is 10.7. The Morgan fingerprint density at radius 1 is 0.689 bits per heavy atom. The predicted molar refractivity (Wildman–Crippen MR) is 181 cm³/mol. The maximum absolute atomic E-state index is 10.7. The maximum Gasteiger partial charge on any atom is 0.320 e. The van der Waals surface area contributed by atoms with Crippen LogP contribution in [0.4, 0.5) is 0 Å². The van der Waals surface area contributed by atoms with E-state index in [1.54, 1.807) is 18.2 Å². The second kappa shape index (κ2) is 12.4. The Morgan fingerprint density at radius 2 is 1.42 bits per heavy atom. The van der Waals surface area contributed by atoms with Crippen LogP contribution in [0.1, 0.15) is 39.5 Å². The van der Waals surface area contributed by atoms with E-state index in [2.05, 4.69) is 61.3 Å². The van der Waals surface area contributed by atoms with Crippen LogP contribution in [0, 0.1) is 5.92 Å². The van der Waals surface area contributed by atoms with Crippen molar-refractivity contribution in [3.63, 3.8) is 0 Å². The van der Waals surface area contributed by atoms with Gasteiger partial charge < -0.3 is 14.3 Å². The Hall–Kier alpha value is -5.23. The van der Waals surface area contributed by atoms with E-state index in [-0.39, 0.29) is 11.8 Å². The smallest absolute Gasteiger partial charge is 0.320 e. The number of aromatic nitrogens is 3. The van der Waals surface area contributed by atoms with Crippen molar-refractivity contribution in [2.75, 3.05) is 6.61 Å². The number of phenols is 1. The average Bonchev–Trinajstić information content (AvgIpc) is 3.46. The van der Waals surface area contributed by atoms with Gasteiger partial charge in [-0.3, -0.25) is 0 Å². The third-order valence-electron chi connectivity index (χ3n) is 8.58. The summed E-state index contributed by atoms with van der Waals surface area (Å²) < 4.78 is 12.8. The van der Waals surface area contributed by atoms with Gasteiger partial charge in [0.05, 0.1) is 12.2 Å². The monoisotopic (exact) mass is 593 g/mol. The molecule has 7 rings (SSSR count). The largest absolute Gasteiger partial charge is 0.507 e. The fourth-order valence-electron chi connectivity index (χ4n) is 6.05. The molecule has 224 valence electrons. The first kappa shape index (κ1) is 28.5. The number of fused-ring (bicyclic) bond motifs is 5. The molecule has 0 aliphatic carbocycles. The first-order valence-corrected chi connectivity index (χ1v) is 15.7. The number of benzene rings is 5. The average molecular weight is 594 g/mol. The van der Waals surface area contributed by atoms with Crippen molar-refractivity contribution in [3.8, 4) is 45.7 Å². The van der Waals surface area contributed by atoms with E-state index in [1.165, 1.54) is 0 Å². The molecule has 0 fully saturated rings. The number of phenolic OH excluding ortho intramolecular Hbond substituents is 1. The number of ether oxygens (including phenoxy) is 1. The lowest BCUT2D eigenvalue weighted by molar-refractivity contribution is 0.217. The Morgan fingerprint density at radius 3 is 2.20 bits per heavy atom. The summed E-state index contributed by atoms with van der Waals surface area (Å²) in [5.41, 5.74) is 5.14. The highest BCUT2D eigenvalue weighted by Crippen LogP contribution is 2.41. The first-order chi connectivity index (χ1) is 22.1. The Labute approximate surface area is 262 Å². The summed E-state index contributed by atoms with van der Waals surface area (Å²) in [6.07, 6.45) is 4.42. The van der Waals surface area contributed by atoms with Crippen LogP contribution < -0.4 is 4.74 Å². The zero-order valence-corrected chi connectivity index (χ0v) is 25.5.